The second-order valence-electron chi connectivity index (χ2n) is 7.21. The molecular weight excluding hydrogens is 264 g/mol. The molecule has 0 heterocycles. The summed E-state index contributed by atoms with van der Waals surface area (Å²) in [6, 6.07) is 4.08. The van der Waals surface area contributed by atoms with Gasteiger partial charge in [0.1, 0.15) is 5.75 Å². The largest absolute Gasteiger partial charge is 0.496 e. The summed E-state index contributed by atoms with van der Waals surface area (Å²) in [7, 11) is 1.67. The Kier molecular flexibility index (Phi) is 4.05. The summed E-state index contributed by atoms with van der Waals surface area (Å²) in [6.07, 6.45) is 3.45. The van der Waals surface area contributed by atoms with E-state index in [2.05, 4.69) is 26.8 Å². The predicted molar refractivity (Wildman–Crippen MR) is 84.2 cm³/mol. The highest BCUT2D eigenvalue weighted by Crippen LogP contribution is 2.45. The van der Waals surface area contributed by atoms with Crippen LogP contribution in [0.4, 0.5) is 0 Å². The number of hydrogen-bond acceptors (Lipinski definition) is 2. The average Bonchev–Trinajstić information content (AvgIpc) is 2.87. The Hall–Kier alpha value is -1.51. The van der Waals surface area contributed by atoms with Gasteiger partial charge in [-0.2, -0.15) is 0 Å². The Morgan fingerprint density at radius 2 is 1.81 bits per heavy atom. The van der Waals surface area contributed by atoms with Crippen LogP contribution in [0.5, 0.6) is 5.75 Å². The lowest BCUT2D eigenvalue weighted by atomic mass is 9.74. The number of benzene rings is 1. The first kappa shape index (κ1) is 15.9. The van der Waals surface area contributed by atoms with Gasteiger partial charge in [0.2, 0.25) is 0 Å². The maximum Gasteiger partial charge on any atom is 0.314 e. The summed E-state index contributed by atoms with van der Waals surface area (Å²) in [5.74, 6) is 0.162. The number of methoxy groups -OCH3 is 1. The van der Waals surface area contributed by atoms with E-state index < -0.39 is 11.4 Å². The minimum Gasteiger partial charge on any atom is -0.496 e. The zero-order valence-electron chi connectivity index (χ0n) is 13.7. The quantitative estimate of drug-likeness (QED) is 0.907. The number of aliphatic carboxylic acids is 1. The molecule has 1 aromatic rings. The number of rotatable bonds is 3. The maximum atomic E-state index is 12.0. The van der Waals surface area contributed by atoms with Crippen LogP contribution in [0.1, 0.15) is 63.1 Å². The summed E-state index contributed by atoms with van der Waals surface area (Å²) < 4.78 is 5.52. The van der Waals surface area contributed by atoms with Gasteiger partial charge >= 0.3 is 5.97 Å². The van der Waals surface area contributed by atoms with Crippen molar-refractivity contribution in [3.8, 4) is 5.75 Å². The SMILES string of the molecule is COc1cc(C)c(C2(C(=O)O)CCCC2)cc1C(C)(C)C. The molecule has 21 heavy (non-hydrogen) atoms. The molecule has 0 bridgehead atoms. The number of carboxylic acid groups (broad SMARTS) is 1. The second kappa shape index (κ2) is 5.36. The molecule has 116 valence electrons. The van der Waals surface area contributed by atoms with Crippen molar-refractivity contribution < 1.29 is 14.6 Å². The van der Waals surface area contributed by atoms with Crippen LogP contribution in [0.25, 0.3) is 0 Å². The topological polar surface area (TPSA) is 46.5 Å². The van der Waals surface area contributed by atoms with Crippen LogP contribution in [0.3, 0.4) is 0 Å². The monoisotopic (exact) mass is 290 g/mol. The lowest BCUT2D eigenvalue weighted by Gasteiger charge is -2.30. The zero-order valence-corrected chi connectivity index (χ0v) is 13.7. The summed E-state index contributed by atoms with van der Waals surface area (Å²) in [6.45, 7) is 8.39. The Morgan fingerprint density at radius 3 is 2.24 bits per heavy atom. The van der Waals surface area contributed by atoms with Crippen molar-refractivity contribution in [3.63, 3.8) is 0 Å². The van der Waals surface area contributed by atoms with E-state index in [9.17, 15) is 9.90 Å². The Bertz CT molecular complexity index is 546. The third-order valence-electron chi connectivity index (χ3n) is 4.74. The number of carbonyl (C=O) groups is 1. The molecule has 1 aliphatic rings. The fraction of sp³-hybridized carbons (Fsp3) is 0.611. The van der Waals surface area contributed by atoms with Crippen molar-refractivity contribution in [1.82, 2.24) is 0 Å². The molecule has 0 unspecified atom stereocenters. The van der Waals surface area contributed by atoms with Gasteiger partial charge in [0.05, 0.1) is 12.5 Å². The lowest BCUT2D eigenvalue weighted by molar-refractivity contribution is -0.143. The van der Waals surface area contributed by atoms with E-state index in [0.717, 1.165) is 48.1 Å². The van der Waals surface area contributed by atoms with Crippen molar-refractivity contribution in [2.75, 3.05) is 7.11 Å². The van der Waals surface area contributed by atoms with E-state index in [4.69, 9.17) is 4.74 Å². The first-order valence-corrected chi connectivity index (χ1v) is 7.65. The average molecular weight is 290 g/mol. The van der Waals surface area contributed by atoms with Gasteiger partial charge in [-0.3, -0.25) is 4.79 Å². The van der Waals surface area contributed by atoms with Crippen molar-refractivity contribution in [3.05, 3.63) is 28.8 Å². The van der Waals surface area contributed by atoms with Gasteiger partial charge in [0, 0.05) is 0 Å². The van der Waals surface area contributed by atoms with Gasteiger partial charge in [-0.05, 0) is 47.9 Å². The Balaban J connectivity index is 2.67. The van der Waals surface area contributed by atoms with Crippen LogP contribution in [0.15, 0.2) is 12.1 Å². The second-order valence-corrected chi connectivity index (χ2v) is 7.21. The van der Waals surface area contributed by atoms with Crippen LogP contribution >= 0.6 is 0 Å². The molecule has 3 nitrogen and oxygen atoms in total. The van der Waals surface area contributed by atoms with Gasteiger partial charge in [0.25, 0.3) is 0 Å². The van der Waals surface area contributed by atoms with Crippen LogP contribution < -0.4 is 4.74 Å². The van der Waals surface area contributed by atoms with Crippen LogP contribution in [-0.4, -0.2) is 18.2 Å². The third-order valence-corrected chi connectivity index (χ3v) is 4.74. The number of carboxylic acids is 1. The summed E-state index contributed by atoms with van der Waals surface area (Å²) in [5.41, 5.74) is 2.28. The van der Waals surface area contributed by atoms with E-state index in [0.29, 0.717) is 0 Å². The van der Waals surface area contributed by atoms with Crippen molar-refractivity contribution in [2.45, 2.75) is 64.2 Å². The first-order valence-electron chi connectivity index (χ1n) is 7.65. The molecule has 0 amide bonds. The lowest BCUT2D eigenvalue weighted by Crippen LogP contribution is -2.34. The minimum atomic E-state index is -0.712. The molecule has 0 saturated heterocycles. The van der Waals surface area contributed by atoms with Crippen molar-refractivity contribution >= 4 is 5.97 Å². The van der Waals surface area contributed by atoms with Gasteiger partial charge < -0.3 is 9.84 Å². The predicted octanol–water partition coefficient (Wildman–Crippen LogP) is 4.20. The summed E-state index contributed by atoms with van der Waals surface area (Å²) in [4.78, 5) is 12.0. The molecule has 0 radical (unpaired) electrons. The molecule has 2 rings (SSSR count). The highest BCUT2D eigenvalue weighted by molar-refractivity contribution is 5.82. The third kappa shape index (κ3) is 2.66. The van der Waals surface area contributed by atoms with Gasteiger partial charge in [0.15, 0.2) is 0 Å². The summed E-state index contributed by atoms with van der Waals surface area (Å²) in [5, 5.41) is 9.83. The summed E-state index contributed by atoms with van der Waals surface area (Å²) >= 11 is 0. The fourth-order valence-electron chi connectivity index (χ4n) is 3.53. The minimum absolute atomic E-state index is 0.0773. The highest BCUT2D eigenvalue weighted by Gasteiger charge is 2.44. The maximum absolute atomic E-state index is 12.0. The van der Waals surface area contributed by atoms with E-state index in [1.807, 2.05) is 13.0 Å². The van der Waals surface area contributed by atoms with Crippen LogP contribution in [0.2, 0.25) is 0 Å². The molecular formula is C18H26O3. The fourth-order valence-corrected chi connectivity index (χ4v) is 3.53. The Labute approximate surface area is 127 Å². The standard InChI is InChI=1S/C18H26O3/c1-12-10-15(21-5)14(17(2,3)4)11-13(12)18(16(19)20)8-6-7-9-18/h10-11H,6-9H2,1-5H3,(H,19,20). The Morgan fingerprint density at radius 1 is 1.24 bits per heavy atom. The molecule has 1 aliphatic carbocycles. The number of ether oxygens (including phenoxy) is 1. The molecule has 0 aromatic heterocycles. The van der Waals surface area contributed by atoms with E-state index in [1.165, 1.54) is 0 Å². The van der Waals surface area contributed by atoms with Crippen molar-refractivity contribution in [1.29, 1.82) is 0 Å². The molecule has 1 aromatic carbocycles. The van der Waals surface area contributed by atoms with E-state index in [-0.39, 0.29) is 5.41 Å². The van der Waals surface area contributed by atoms with Crippen LogP contribution in [-0.2, 0) is 15.6 Å². The smallest absolute Gasteiger partial charge is 0.314 e. The number of aryl methyl sites for hydroxylation is 1. The van der Waals surface area contributed by atoms with E-state index >= 15 is 0 Å². The normalized spacial score (nSPS) is 17.8. The molecule has 1 saturated carbocycles. The van der Waals surface area contributed by atoms with E-state index in [1.54, 1.807) is 7.11 Å². The molecule has 1 N–H and O–H groups in total. The first-order chi connectivity index (χ1) is 9.72. The highest BCUT2D eigenvalue weighted by atomic mass is 16.5. The van der Waals surface area contributed by atoms with Gasteiger partial charge in [-0.25, -0.2) is 0 Å². The number of hydrogen-bond donors (Lipinski definition) is 1. The molecule has 0 aliphatic heterocycles. The van der Waals surface area contributed by atoms with Gasteiger partial charge in [-0.1, -0.05) is 39.7 Å². The molecule has 0 atom stereocenters. The molecule has 3 heteroatoms. The molecule has 0 spiro atoms. The zero-order chi connectivity index (χ0) is 15.8. The van der Waals surface area contributed by atoms with Crippen LogP contribution in [0, 0.1) is 6.92 Å². The van der Waals surface area contributed by atoms with Crippen molar-refractivity contribution in [2.24, 2.45) is 0 Å². The molecule has 1 fully saturated rings. The van der Waals surface area contributed by atoms with Gasteiger partial charge in [-0.15, -0.1) is 0 Å².